The van der Waals surface area contributed by atoms with Crippen LogP contribution in [0.4, 0.5) is 0 Å². The number of carbonyl (C=O) groups excluding carboxylic acids is 1. The number of hydrogen-bond donors (Lipinski definition) is 0. The minimum Gasteiger partial charge on any atom is -0.343 e. The van der Waals surface area contributed by atoms with Crippen molar-refractivity contribution in [3.63, 3.8) is 0 Å². The minimum atomic E-state index is 0.277. The third-order valence-corrected chi connectivity index (χ3v) is 7.42. The highest BCUT2D eigenvalue weighted by Crippen LogP contribution is 2.29. The van der Waals surface area contributed by atoms with Crippen molar-refractivity contribution in [1.82, 2.24) is 24.4 Å². The molecule has 2 aliphatic rings. The number of nitrogens with zero attached hydrogens (tertiary/aromatic N) is 5. The lowest BCUT2D eigenvalue weighted by Crippen LogP contribution is -2.35. The Balaban J connectivity index is 1.28. The molecule has 1 aromatic carbocycles. The van der Waals surface area contributed by atoms with Crippen molar-refractivity contribution in [1.29, 1.82) is 0 Å². The van der Waals surface area contributed by atoms with E-state index >= 15 is 0 Å². The van der Waals surface area contributed by atoms with Gasteiger partial charge in [0.1, 0.15) is 0 Å². The summed E-state index contributed by atoms with van der Waals surface area (Å²) in [5.74, 6) is 0.721. The van der Waals surface area contributed by atoms with Crippen molar-refractivity contribution >= 4 is 11.6 Å². The zero-order chi connectivity index (χ0) is 22.8. The fourth-order valence-corrected chi connectivity index (χ4v) is 5.50. The number of amides is 1. The molecule has 0 radical (unpaired) electrons. The topological polar surface area (TPSA) is 53.7 Å². The number of carbonyl (C=O) groups is 1. The molecule has 5 rings (SSSR count). The van der Waals surface area contributed by atoms with Gasteiger partial charge < -0.3 is 4.90 Å². The van der Waals surface area contributed by atoms with Crippen molar-refractivity contribution < 1.29 is 4.79 Å². The van der Waals surface area contributed by atoms with Crippen LogP contribution in [0.2, 0.25) is 0 Å². The molecule has 0 aliphatic carbocycles. The van der Waals surface area contributed by atoms with E-state index in [0.717, 1.165) is 81.1 Å². The number of aromatic nitrogens is 3. The third kappa shape index (κ3) is 4.81. The van der Waals surface area contributed by atoms with E-state index in [4.69, 9.17) is 10.1 Å². The van der Waals surface area contributed by atoms with Gasteiger partial charge in [0.15, 0.2) is 5.65 Å². The molecule has 2 aromatic heterocycles. The molecule has 6 nitrogen and oxygen atoms in total. The van der Waals surface area contributed by atoms with E-state index in [9.17, 15) is 4.79 Å². The van der Waals surface area contributed by atoms with Crippen LogP contribution in [-0.2, 0) is 17.8 Å². The molecule has 1 atom stereocenters. The van der Waals surface area contributed by atoms with Crippen LogP contribution in [-0.4, -0.2) is 56.5 Å². The fourth-order valence-electron chi connectivity index (χ4n) is 5.50. The average Bonchev–Trinajstić information content (AvgIpc) is 3.47. The smallest absolute Gasteiger partial charge is 0.222 e. The SMILES string of the molecule is Cc1nc2cc(C3CCN(Cc4ccccc4)C3)nn2c(C)c1CCC(=O)N1CCCCC1. The van der Waals surface area contributed by atoms with Crippen LogP contribution in [0.3, 0.4) is 0 Å². The van der Waals surface area contributed by atoms with Crippen molar-refractivity contribution in [3.8, 4) is 0 Å². The zero-order valence-corrected chi connectivity index (χ0v) is 20.0. The predicted octanol–water partition coefficient (Wildman–Crippen LogP) is 4.28. The maximum atomic E-state index is 12.7. The molecule has 2 fully saturated rings. The van der Waals surface area contributed by atoms with Crippen LogP contribution >= 0.6 is 0 Å². The minimum absolute atomic E-state index is 0.277. The van der Waals surface area contributed by atoms with Gasteiger partial charge in [0.05, 0.1) is 5.69 Å². The largest absolute Gasteiger partial charge is 0.343 e. The van der Waals surface area contributed by atoms with Crippen molar-refractivity contribution in [2.75, 3.05) is 26.2 Å². The second kappa shape index (κ2) is 9.64. The standard InChI is InChI=1S/C27H35N5O/c1-20-24(11-12-27(33)31-14-7-4-8-15-31)21(2)32-26(28-20)17-25(29-32)23-13-16-30(19-23)18-22-9-5-3-6-10-22/h3,5-6,9-10,17,23H,4,7-8,11-16,18-19H2,1-2H3. The van der Waals surface area contributed by atoms with Crippen LogP contribution in [0.15, 0.2) is 36.4 Å². The third-order valence-electron chi connectivity index (χ3n) is 7.42. The molecule has 1 amide bonds. The Morgan fingerprint density at radius 3 is 2.64 bits per heavy atom. The molecule has 1 unspecified atom stereocenters. The maximum Gasteiger partial charge on any atom is 0.222 e. The summed E-state index contributed by atoms with van der Waals surface area (Å²) in [6.45, 7) is 9.15. The van der Waals surface area contributed by atoms with E-state index in [1.165, 1.54) is 17.5 Å². The first-order valence-electron chi connectivity index (χ1n) is 12.5. The highest BCUT2D eigenvalue weighted by atomic mass is 16.2. The molecular formula is C27H35N5O. The Labute approximate surface area is 196 Å². The highest BCUT2D eigenvalue weighted by molar-refractivity contribution is 5.76. The molecule has 3 aromatic rings. The van der Waals surface area contributed by atoms with Gasteiger partial charge in [-0.25, -0.2) is 9.50 Å². The molecule has 6 heteroatoms. The summed E-state index contributed by atoms with van der Waals surface area (Å²) in [4.78, 5) is 22.1. The van der Waals surface area contributed by atoms with Crippen LogP contribution in [0.25, 0.3) is 5.65 Å². The first-order valence-corrected chi connectivity index (χ1v) is 12.5. The van der Waals surface area contributed by atoms with Crippen molar-refractivity contribution in [2.24, 2.45) is 0 Å². The van der Waals surface area contributed by atoms with Gasteiger partial charge in [-0.3, -0.25) is 9.69 Å². The maximum absolute atomic E-state index is 12.7. The number of fused-ring (bicyclic) bond motifs is 1. The summed E-state index contributed by atoms with van der Waals surface area (Å²) < 4.78 is 2.00. The Morgan fingerprint density at radius 2 is 1.85 bits per heavy atom. The van der Waals surface area contributed by atoms with E-state index in [1.54, 1.807) is 0 Å². The molecule has 2 saturated heterocycles. The quantitative estimate of drug-likeness (QED) is 0.568. The second-order valence-electron chi connectivity index (χ2n) is 9.75. The predicted molar refractivity (Wildman–Crippen MR) is 130 cm³/mol. The number of benzene rings is 1. The normalized spacial score (nSPS) is 19.5. The summed E-state index contributed by atoms with van der Waals surface area (Å²) in [6.07, 6.45) is 5.94. The first kappa shape index (κ1) is 22.1. The van der Waals surface area contributed by atoms with Crippen LogP contribution in [0, 0.1) is 13.8 Å². The number of likely N-dealkylation sites (tertiary alicyclic amines) is 2. The van der Waals surface area contributed by atoms with Gasteiger partial charge in [-0.2, -0.15) is 5.10 Å². The van der Waals surface area contributed by atoms with Crippen LogP contribution in [0.5, 0.6) is 0 Å². The van der Waals surface area contributed by atoms with Crippen LogP contribution in [0.1, 0.15) is 66.2 Å². The molecule has 0 spiro atoms. The van der Waals surface area contributed by atoms with Gasteiger partial charge >= 0.3 is 0 Å². The molecule has 2 aliphatic heterocycles. The monoisotopic (exact) mass is 445 g/mol. The summed E-state index contributed by atoms with van der Waals surface area (Å²) in [7, 11) is 0. The summed E-state index contributed by atoms with van der Waals surface area (Å²) in [5, 5.41) is 4.99. The Bertz CT molecular complexity index is 1120. The number of rotatable bonds is 6. The van der Waals surface area contributed by atoms with Gasteiger partial charge in [0, 0.05) is 56.0 Å². The average molecular weight is 446 g/mol. The number of hydrogen-bond acceptors (Lipinski definition) is 4. The summed E-state index contributed by atoms with van der Waals surface area (Å²) >= 11 is 0. The van der Waals surface area contributed by atoms with E-state index in [0.29, 0.717) is 12.3 Å². The van der Waals surface area contributed by atoms with E-state index < -0.39 is 0 Å². The van der Waals surface area contributed by atoms with Crippen molar-refractivity contribution in [3.05, 3.63) is 64.6 Å². The zero-order valence-electron chi connectivity index (χ0n) is 20.0. The molecule has 33 heavy (non-hydrogen) atoms. The highest BCUT2D eigenvalue weighted by Gasteiger charge is 2.27. The molecule has 4 heterocycles. The Morgan fingerprint density at radius 1 is 1.06 bits per heavy atom. The lowest BCUT2D eigenvalue weighted by Gasteiger charge is -2.26. The van der Waals surface area contributed by atoms with Gasteiger partial charge in [-0.1, -0.05) is 30.3 Å². The van der Waals surface area contributed by atoms with Crippen molar-refractivity contribution in [2.45, 2.75) is 64.8 Å². The molecule has 174 valence electrons. The molecule has 0 N–H and O–H groups in total. The fraction of sp³-hybridized carbons (Fsp3) is 0.519. The van der Waals surface area contributed by atoms with Gasteiger partial charge in [0.2, 0.25) is 5.91 Å². The molecule has 0 bridgehead atoms. The molecular weight excluding hydrogens is 410 g/mol. The van der Waals surface area contributed by atoms with Gasteiger partial charge in [0.25, 0.3) is 0 Å². The van der Waals surface area contributed by atoms with E-state index in [-0.39, 0.29) is 5.91 Å². The summed E-state index contributed by atoms with van der Waals surface area (Å²) in [6, 6.07) is 12.9. The number of piperidine rings is 1. The van der Waals surface area contributed by atoms with Gasteiger partial charge in [-0.05, 0) is 63.6 Å². The van der Waals surface area contributed by atoms with E-state index in [1.807, 2.05) is 9.42 Å². The second-order valence-corrected chi connectivity index (χ2v) is 9.75. The molecule has 0 saturated carbocycles. The lowest BCUT2D eigenvalue weighted by molar-refractivity contribution is -0.132. The lowest BCUT2D eigenvalue weighted by atomic mass is 10.0. The Kier molecular flexibility index (Phi) is 6.45. The van der Waals surface area contributed by atoms with Gasteiger partial charge in [-0.15, -0.1) is 0 Å². The van der Waals surface area contributed by atoms with Crippen LogP contribution < -0.4 is 0 Å². The van der Waals surface area contributed by atoms with E-state index in [2.05, 4.69) is 55.1 Å². The Hall–Kier alpha value is -2.73. The number of aryl methyl sites for hydroxylation is 2. The first-order chi connectivity index (χ1) is 16.1. The summed E-state index contributed by atoms with van der Waals surface area (Å²) in [5.41, 5.74) is 6.74.